The van der Waals surface area contributed by atoms with Crippen molar-refractivity contribution in [2.75, 3.05) is 5.32 Å². The van der Waals surface area contributed by atoms with Crippen LogP contribution in [0.1, 0.15) is 23.4 Å². The summed E-state index contributed by atoms with van der Waals surface area (Å²) >= 11 is 0.430. The van der Waals surface area contributed by atoms with Gasteiger partial charge in [0.1, 0.15) is 5.69 Å². The SMILES string of the molecule is O=C(O)C1CCC(F)(F)c2nc(NC(=O)C(F)(F)F)sc2C1. The number of alkyl halides is 5. The molecule has 2 rings (SSSR count). The first-order chi connectivity index (χ1) is 10.0. The zero-order valence-electron chi connectivity index (χ0n) is 10.7. The third kappa shape index (κ3) is 3.34. The molecule has 0 aliphatic heterocycles. The van der Waals surface area contributed by atoms with Gasteiger partial charge in [0.15, 0.2) is 5.13 Å². The summed E-state index contributed by atoms with van der Waals surface area (Å²) in [4.78, 5) is 25.0. The highest BCUT2D eigenvalue weighted by Gasteiger charge is 2.44. The van der Waals surface area contributed by atoms with Crippen molar-refractivity contribution in [3.8, 4) is 0 Å². The topological polar surface area (TPSA) is 79.3 Å². The van der Waals surface area contributed by atoms with E-state index in [0.29, 0.717) is 11.3 Å². The van der Waals surface area contributed by atoms with Crippen LogP contribution >= 0.6 is 11.3 Å². The number of nitrogens with one attached hydrogen (secondary N) is 1. The van der Waals surface area contributed by atoms with Crippen LogP contribution in [0.5, 0.6) is 0 Å². The minimum absolute atomic E-state index is 0.132. The van der Waals surface area contributed by atoms with Gasteiger partial charge >= 0.3 is 18.1 Å². The predicted molar refractivity (Wildman–Crippen MR) is 64.8 cm³/mol. The second-order valence-electron chi connectivity index (χ2n) is 4.73. The van der Waals surface area contributed by atoms with Crippen molar-refractivity contribution in [1.82, 2.24) is 4.98 Å². The number of halogens is 5. The highest BCUT2D eigenvalue weighted by atomic mass is 32.1. The van der Waals surface area contributed by atoms with Crippen LogP contribution in [0, 0.1) is 5.92 Å². The Balaban J connectivity index is 2.31. The molecule has 1 aliphatic carbocycles. The fourth-order valence-corrected chi connectivity index (χ4v) is 3.10. The van der Waals surface area contributed by atoms with Crippen molar-refractivity contribution in [1.29, 1.82) is 0 Å². The van der Waals surface area contributed by atoms with Gasteiger partial charge in [-0.1, -0.05) is 0 Å². The molecular formula is C11H9F5N2O3S. The third-order valence-corrected chi connectivity index (χ3v) is 4.10. The molecule has 0 saturated carbocycles. The lowest BCUT2D eigenvalue weighted by molar-refractivity contribution is -0.167. The number of aliphatic carboxylic acids is 1. The molecule has 1 aromatic rings. The number of carboxylic acid groups (broad SMARTS) is 1. The number of hydrogen-bond acceptors (Lipinski definition) is 4. The summed E-state index contributed by atoms with van der Waals surface area (Å²) in [5.74, 6) is -8.11. The van der Waals surface area contributed by atoms with Crippen LogP contribution in [0.3, 0.4) is 0 Å². The largest absolute Gasteiger partial charge is 0.481 e. The van der Waals surface area contributed by atoms with Crippen molar-refractivity contribution in [3.63, 3.8) is 0 Å². The summed E-state index contributed by atoms with van der Waals surface area (Å²) in [6.07, 6.45) is -6.47. The van der Waals surface area contributed by atoms with Gasteiger partial charge in [0.25, 0.3) is 5.92 Å². The summed E-state index contributed by atoms with van der Waals surface area (Å²) in [5, 5.41) is 9.72. The monoisotopic (exact) mass is 344 g/mol. The Labute approximate surface area is 124 Å². The fraction of sp³-hybridized carbons (Fsp3) is 0.545. The maximum Gasteiger partial charge on any atom is 0.471 e. The van der Waals surface area contributed by atoms with Crippen LogP contribution in [0.4, 0.5) is 27.1 Å². The van der Waals surface area contributed by atoms with Crippen LogP contribution in [0.2, 0.25) is 0 Å². The Kier molecular flexibility index (Phi) is 4.11. The molecule has 1 aromatic heterocycles. The second kappa shape index (κ2) is 5.45. The summed E-state index contributed by atoms with van der Waals surface area (Å²) < 4.78 is 64.2. The standard InChI is InChI=1S/C11H9F5N2O3S/c12-10(13)2-1-4(7(19)20)3-5-6(10)17-9(22-5)18-8(21)11(14,15)16/h4H,1-3H2,(H,19,20)(H,17,18,21). The number of aromatic nitrogens is 1. The first-order valence-electron chi connectivity index (χ1n) is 5.99. The van der Waals surface area contributed by atoms with Crippen molar-refractivity contribution in [2.24, 2.45) is 5.92 Å². The van der Waals surface area contributed by atoms with E-state index in [-0.39, 0.29) is 17.7 Å². The highest BCUT2D eigenvalue weighted by Crippen LogP contribution is 2.43. The fourth-order valence-electron chi connectivity index (χ4n) is 2.01. The van der Waals surface area contributed by atoms with E-state index < -0.39 is 47.1 Å². The Morgan fingerprint density at radius 1 is 1.36 bits per heavy atom. The quantitative estimate of drug-likeness (QED) is 0.639. The van der Waals surface area contributed by atoms with E-state index in [4.69, 9.17) is 5.11 Å². The molecule has 2 N–H and O–H groups in total. The normalized spacial score (nSPS) is 20.9. The van der Waals surface area contributed by atoms with Crippen LogP contribution < -0.4 is 5.32 Å². The number of hydrogen-bond donors (Lipinski definition) is 2. The van der Waals surface area contributed by atoms with Gasteiger partial charge in [-0.3, -0.25) is 14.9 Å². The average molecular weight is 344 g/mol. The van der Waals surface area contributed by atoms with Crippen molar-refractivity contribution >= 4 is 28.3 Å². The minimum atomic E-state index is -5.17. The summed E-state index contributed by atoms with van der Waals surface area (Å²) in [5.41, 5.74) is -0.765. The van der Waals surface area contributed by atoms with Gasteiger partial charge in [-0.2, -0.15) is 22.0 Å². The van der Waals surface area contributed by atoms with Crippen LogP contribution in [0.25, 0.3) is 0 Å². The van der Waals surface area contributed by atoms with Gasteiger partial charge in [-0.15, -0.1) is 11.3 Å². The number of carbonyl (C=O) groups excluding carboxylic acids is 1. The molecule has 0 spiro atoms. The van der Waals surface area contributed by atoms with E-state index in [9.17, 15) is 31.5 Å². The van der Waals surface area contributed by atoms with Gasteiger partial charge in [-0.25, -0.2) is 4.98 Å². The smallest absolute Gasteiger partial charge is 0.471 e. The lowest BCUT2D eigenvalue weighted by Gasteiger charge is -2.12. The number of rotatable bonds is 2. The van der Waals surface area contributed by atoms with E-state index in [0.717, 1.165) is 0 Å². The first-order valence-corrected chi connectivity index (χ1v) is 6.81. The van der Waals surface area contributed by atoms with Gasteiger partial charge in [0.2, 0.25) is 0 Å². The zero-order valence-corrected chi connectivity index (χ0v) is 11.5. The summed E-state index contributed by atoms with van der Waals surface area (Å²) in [6, 6.07) is 0. The van der Waals surface area contributed by atoms with Crippen molar-refractivity contribution in [2.45, 2.75) is 31.4 Å². The molecule has 1 amide bonds. The molecule has 0 radical (unpaired) electrons. The maximum absolute atomic E-state index is 13.9. The minimum Gasteiger partial charge on any atom is -0.481 e. The average Bonchev–Trinajstić information content (AvgIpc) is 2.71. The number of nitrogens with zero attached hydrogens (tertiary/aromatic N) is 1. The summed E-state index contributed by atoms with van der Waals surface area (Å²) in [7, 11) is 0. The Hall–Kier alpha value is -1.78. The van der Waals surface area contributed by atoms with Crippen LogP contribution in [-0.2, 0) is 21.9 Å². The van der Waals surface area contributed by atoms with Gasteiger partial charge in [0.05, 0.1) is 5.92 Å². The molecule has 1 aliphatic rings. The molecule has 11 heteroatoms. The number of carbonyl (C=O) groups is 2. The van der Waals surface area contributed by atoms with Crippen LogP contribution in [0.15, 0.2) is 0 Å². The molecule has 122 valence electrons. The van der Waals surface area contributed by atoms with Gasteiger partial charge < -0.3 is 5.11 Å². The molecule has 0 aromatic carbocycles. The number of amides is 1. The third-order valence-electron chi connectivity index (χ3n) is 3.11. The Morgan fingerprint density at radius 2 is 2.00 bits per heavy atom. The molecule has 1 heterocycles. The molecule has 0 fully saturated rings. The molecule has 1 atom stereocenters. The highest BCUT2D eigenvalue weighted by molar-refractivity contribution is 7.15. The zero-order chi connectivity index (χ0) is 16.7. The van der Waals surface area contributed by atoms with E-state index in [1.54, 1.807) is 0 Å². The number of fused-ring (bicyclic) bond motifs is 1. The molecular weight excluding hydrogens is 335 g/mol. The second-order valence-corrected chi connectivity index (χ2v) is 5.81. The van der Waals surface area contributed by atoms with Crippen molar-refractivity contribution in [3.05, 3.63) is 10.6 Å². The maximum atomic E-state index is 13.9. The number of anilines is 1. The number of thiazole rings is 1. The molecule has 22 heavy (non-hydrogen) atoms. The first kappa shape index (κ1) is 16.6. The Bertz CT molecular complexity index is 613. The van der Waals surface area contributed by atoms with E-state index in [2.05, 4.69) is 4.98 Å². The number of carboxylic acids is 1. The Morgan fingerprint density at radius 3 is 2.55 bits per heavy atom. The molecule has 0 bridgehead atoms. The van der Waals surface area contributed by atoms with Gasteiger partial charge in [0, 0.05) is 11.3 Å². The van der Waals surface area contributed by atoms with E-state index in [1.807, 2.05) is 0 Å². The van der Waals surface area contributed by atoms with E-state index in [1.165, 1.54) is 5.32 Å². The molecule has 5 nitrogen and oxygen atoms in total. The van der Waals surface area contributed by atoms with E-state index >= 15 is 0 Å². The van der Waals surface area contributed by atoms with Gasteiger partial charge in [-0.05, 0) is 12.8 Å². The summed E-state index contributed by atoms with van der Waals surface area (Å²) in [6.45, 7) is 0. The lowest BCUT2D eigenvalue weighted by Crippen LogP contribution is -2.30. The predicted octanol–water partition coefficient (Wildman–Crippen LogP) is 2.77. The van der Waals surface area contributed by atoms with Crippen LogP contribution in [-0.4, -0.2) is 28.1 Å². The van der Waals surface area contributed by atoms with Crippen molar-refractivity contribution < 1.29 is 36.6 Å². The molecule has 0 saturated heterocycles. The lowest BCUT2D eigenvalue weighted by atomic mass is 10.0. The molecule has 1 unspecified atom stereocenters.